The van der Waals surface area contributed by atoms with Crippen LogP contribution in [0.5, 0.6) is 5.75 Å². The normalized spacial score (nSPS) is 17.4. The Morgan fingerprint density at radius 1 is 1.09 bits per heavy atom. The first-order valence-corrected chi connectivity index (χ1v) is 12.5. The van der Waals surface area contributed by atoms with Gasteiger partial charge in [0.2, 0.25) is 0 Å². The third kappa shape index (κ3) is 5.47. The minimum Gasteiger partial charge on any atom is -0.507 e. The van der Waals surface area contributed by atoms with Crippen molar-refractivity contribution in [2.45, 2.75) is 26.0 Å². The number of aryl methyl sites for hydroxylation is 1. The van der Waals surface area contributed by atoms with E-state index in [-0.39, 0.29) is 11.3 Å². The lowest BCUT2D eigenvalue weighted by atomic mass is 9.97. The second-order valence-corrected chi connectivity index (χ2v) is 9.90. The predicted octanol–water partition coefficient (Wildman–Crippen LogP) is 5.01. The number of aliphatic hydroxyl groups excluding tert-OH is 1. The Labute approximate surface area is 210 Å². The number of hydrogen-bond donors (Lipinski definition) is 1. The Morgan fingerprint density at radius 2 is 1.86 bits per heavy atom. The fourth-order valence-corrected chi connectivity index (χ4v) is 5.13. The summed E-state index contributed by atoms with van der Waals surface area (Å²) in [5, 5.41) is 13.2. The Kier molecular flexibility index (Phi) is 7.68. The van der Waals surface area contributed by atoms with E-state index in [1.54, 1.807) is 17.0 Å². The lowest BCUT2D eigenvalue weighted by Gasteiger charge is -2.24. The number of thiophene rings is 1. The summed E-state index contributed by atoms with van der Waals surface area (Å²) in [6.45, 7) is 3.52. The molecule has 182 valence electrons. The maximum atomic E-state index is 13.1. The number of ketones is 1. The molecule has 0 bridgehead atoms. The van der Waals surface area contributed by atoms with Crippen LogP contribution in [0.4, 0.5) is 0 Å². The molecule has 0 aliphatic carbocycles. The molecule has 35 heavy (non-hydrogen) atoms. The van der Waals surface area contributed by atoms with Crippen LogP contribution in [0.1, 0.15) is 34.0 Å². The first-order chi connectivity index (χ1) is 16.9. The van der Waals surface area contributed by atoms with Crippen molar-refractivity contribution in [1.29, 1.82) is 0 Å². The van der Waals surface area contributed by atoms with Gasteiger partial charge in [-0.05, 0) is 74.8 Å². The number of aliphatic hydroxyl groups is 1. The van der Waals surface area contributed by atoms with Crippen LogP contribution in [0.15, 0.2) is 71.6 Å². The van der Waals surface area contributed by atoms with Gasteiger partial charge in [-0.2, -0.15) is 0 Å². The Bertz CT molecular complexity index is 1220. The van der Waals surface area contributed by atoms with E-state index >= 15 is 0 Å². The topological polar surface area (TPSA) is 70.1 Å². The van der Waals surface area contributed by atoms with Crippen molar-refractivity contribution in [2.75, 3.05) is 27.2 Å². The monoisotopic (exact) mass is 490 g/mol. The highest BCUT2D eigenvalue weighted by Crippen LogP contribution is 2.41. The fourth-order valence-electron chi connectivity index (χ4n) is 4.29. The summed E-state index contributed by atoms with van der Waals surface area (Å²) in [5.41, 5.74) is 2.48. The minimum absolute atomic E-state index is 0.142. The zero-order valence-electron chi connectivity index (χ0n) is 20.2. The number of benzene rings is 2. The lowest BCUT2D eigenvalue weighted by molar-refractivity contribution is -0.139. The molecule has 2 heterocycles. The zero-order chi connectivity index (χ0) is 24.9. The first kappa shape index (κ1) is 24.7. The van der Waals surface area contributed by atoms with Crippen LogP contribution in [0.25, 0.3) is 5.76 Å². The zero-order valence-corrected chi connectivity index (χ0v) is 21.0. The Hall–Kier alpha value is -3.42. The van der Waals surface area contributed by atoms with Crippen LogP contribution in [-0.4, -0.2) is 53.8 Å². The number of hydrogen-bond acceptors (Lipinski definition) is 6. The van der Waals surface area contributed by atoms with Gasteiger partial charge in [0.1, 0.15) is 18.1 Å². The molecule has 1 saturated heterocycles. The maximum absolute atomic E-state index is 13.1. The largest absolute Gasteiger partial charge is 0.507 e. The first-order valence-electron chi connectivity index (χ1n) is 11.6. The Morgan fingerprint density at radius 3 is 2.51 bits per heavy atom. The molecular weight excluding hydrogens is 460 g/mol. The van der Waals surface area contributed by atoms with Gasteiger partial charge in [-0.1, -0.05) is 36.4 Å². The standard InChI is InChI=1S/C28H30N2O4S/c1-19-17-21(34-18-20-9-5-4-6-10-20)12-13-22(19)26(31)24-25(23-11-7-16-35-23)30(28(33)27(24)32)15-8-14-29(2)3/h4-7,9-13,16-17,25,31H,8,14-15,18H2,1-3H3/t25-/m1/s1. The molecule has 0 spiro atoms. The van der Waals surface area contributed by atoms with E-state index in [9.17, 15) is 14.7 Å². The molecule has 1 atom stereocenters. The molecule has 2 aromatic carbocycles. The predicted molar refractivity (Wildman–Crippen MR) is 138 cm³/mol. The van der Waals surface area contributed by atoms with Crippen LogP contribution in [-0.2, 0) is 16.2 Å². The lowest BCUT2D eigenvalue weighted by Crippen LogP contribution is -2.32. The van der Waals surface area contributed by atoms with Crippen molar-refractivity contribution in [3.8, 4) is 5.75 Å². The van der Waals surface area contributed by atoms with Crippen molar-refractivity contribution in [1.82, 2.24) is 9.80 Å². The van der Waals surface area contributed by atoms with E-state index in [0.717, 1.165) is 29.0 Å². The number of ether oxygens (including phenoxy) is 1. The van der Waals surface area contributed by atoms with Gasteiger partial charge in [0.05, 0.1) is 11.6 Å². The van der Waals surface area contributed by atoms with E-state index in [1.807, 2.05) is 79.8 Å². The molecule has 1 amide bonds. The molecule has 6 nitrogen and oxygen atoms in total. The van der Waals surface area contributed by atoms with Crippen molar-refractivity contribution in [3.63, 3.8) is 0 Å². The summed E-state index contributed by atoms with van der Waals surface area (Å²) in [6.07, 6.45) is 0.731. The summed E-state index contributed by atoms with van der Waals surface area (Å²) in [5.74, 6) is -0.690. The molecule has 4 rings (SSSR count). The number of carbonyl (C=O) groups excluding carboxylic acids is 2. The molecule has 1 aliphatic heterocycles. The summed E-state index contributed by atoms with van der Waals surface area (Å²) >= 11 is 1.47. The summed E-state index contributed by atoms with van der Waals surface area (Å²) in [7, 11) is 3.95. The van der Waals surface area contributed by atoms with Gasteiger partial charge >= 0.3 is 0 Å². The minimum atomic E-state index is -0.644. The van der Waals surface area contributed by atoms with Crippen molar-refractivity contribution < 1.29 is 19.4 Å². The smallest absolute Gasteiger partial charge is 0.295 e. The van der Waals surface area contributed by atoms with Gasteiger partial charge in [-0.3, -0.25) is 9.59 Å². The maximum Gasteiger partial charge on any atom is 0.295 e. The van der Waals surface area contributed by atoms with Crippen LogP contribution in [0.2, 0.25) is 0 Å². The highest BCUT2D eigenvalue weighted by Gasteiger charge is 2.46. The van der Waals surface area contributed by atoms with Crippen molar-refractivity contribution in [2.24, 2.45) is 0 Å². The third-order valence-electron chi connectivity index (χ3n) is 6.06. The second-order valence-electron chi connectivity index (χ2n) is 8.92. The van der Waals surface area contributed by atoms with Gasteiger partial charge in [0.15, 0.2) is 0 Å². The molecule has 0 saturated carbocycles. The fraction of sp³-hybridized carbons (Fsp3) is 0.286. The Balaban J connectivity index is 1.64. The van der Waals surface area contributed by atoms with Crippen LogP contribution < -0.4 is 4.74 Å². The average molecular weight is 491 g/mol. The van der Waals surface area contributed by atoms with E-state index in [4.69, 9.17) is 4.74 Å². The molecule has 3 aromatic rings. The average Bonchev–Trinajstić information content (AvgIpc) is 3.45. The van der Waals surface area contributed by atoms with Gasteiger partial charge in [-0.15, -0.1) is 11.3 Å². The van der Waals surface area contributed by atoms with E-state index in [1.165, 1.54) is 11.3 Å². The van der Waals surface area contributed by atoms with Gasteiger partial charge in [0.25, 0.3) is 11.7 Å². The molecule has 1 aromatic heterocycles. The number of nitrogens with zero attached hydrogens (tertiary/aromatic N) is 2. The number of amides is 1. The van der Waals surface area contributed by atoms with E-state index in [2.05, 4.69) is 0 Å². The van der Waals surface area contributed by atoms with Gasteiger partial charge in [0, 0.05) is 17.0 Å². The molecule has 1 fully saturated rings. The van der Waals surface area contributed by atoms with Crippen molar-refractivity contribution in [3.05, 3.63) is 93.2 Å². The molecule has 7 heteroatoms. The SMILES string of the molecule is Cc1cc(OCc2ccccc2)ccc1C(O)=C1C(=O)C(=O)N(CCCN(C)C)[C@@H]1c1cccs1. The summed E-state index contributed by atoms with van der Waals surface area (Å²) in [4.78, 5) is 30.6. The molecule has 1 N–H and O–H groups in total. The molecule has 0 radical (unpaired) electrons. The second kappa shape index (κ2) is 10.9. The van der Waals surface area contributed by atoms with Crippen LogP contribution in [0, 0.1) is 6.92 Å². The molecular formula is C28H30N2O4S. The molecule has 0 unspecified atom stereocenters. The van der Waals surface area contributed by atoms with Crippen LogP contribution >= 0.6 is 11.3 Å². The number of rotatable bonds is 9. The number of carbonyl (C=O) groups is 2. The number of likely N-dealkylation sites (tertiary alicyclic amines) is 1. The van der Waals surface area contributed by atoms with Gasteiger partial charge < -0.3 is 19.6 Å². The van der Waals surface area contributed by atoms with Gasteiger partial charge in [-0.25, -0.2) is 0 Å². The van der Waals surface area contributed by atoms with E-state index < -0.39 is 17.7 Å². The summed E-state index contributed by atoms with van der Waals surface area (Å²) in [6, 6.07) is 18.4. The number of Topliss-reactive ketones (excluding diaryl/α,β-unsaturated/α-hetero) is 1. The van der Waals surface area contributed by atoms with Crippen molar-refractivity contribution >= 4 is 28.8 Å². The molecule has 1 aliphatic rings. The third-order valence-corrected chi connectivity index (χ3v) is 6.98. The quantitative estimate of drug-likeness (QED) is 0.259. The highest BCUT2D eigenvalue weighted by molar-refractivity contribution is 7.10. The van der Waals surface area contributed by atoms with Crippen LogP contribution in [0.3, 0.4) is 0 Å². The highest BCUT2D eigenvalue weighted by atomic mass is 32.1. The van der Waals surface area contributed by atoms with E-state index in [0.29, 0.717) is 24.5 Å². The summed E-state index contributed by atoms with van der Waals surface area (Å²) < 4.78 is 5.90.